The Kier molecular flexibility index (Phi) is 3.63. The van der Waals surface area contributed by atoms with Crippen LogP contribution in [0.4, 0.5) is 0 Å². The minimum absolute atomic E-state index is 0.142. The lowest BCUT2D eigenvalue weighted by atomic mass is 10.1. The van der Waals surface area contributed by atoms with Crippen molar-refractivity contribution in [2.75, 3.05) is 13.2 Å². The summed E-state index contributed by atoms with van der Waals surface area (Å²) in [7, 11) is -0.923. The van der Waals surface area contributed by atoms with Gasteiger partial charge in [-0.15, -0.1) is 0 Å². The van der Waals surface area contributed by atoms with Crippen molar-refractivity contribution in [3.63, 3.8) is 0 Å². The lowest BCUT2D eigenvalue weighted by molar-refractivity contribution is 0.0997. The van der Waals surface area contributed by atoms with Crippen molar-refractivity contribution in [2.24, 2.45) is 5.73 Å². The molecule has 1 unspecified atom stereocenters. The van der Waals surface area contributed by atoms with E-state index in [-0.39, 0.29) is 18.8 Å². The number of benzene rings is 1. The average molecular weight is 237 g/mol. The first-order chi connectivity index (χ1) is 8.20. The molecule has 90 valence electrons. The standard InChI is InChI=1S/C10H12BNO5/c12-10(14)8-3-1-2-4-9(8)17-11-15-6-7(5-13)16-11/h1-4,7,13H,5-6H2,(H2,12,14). The fraction of sp³-hybridized carbons (Fsp3) is 0.300. The van der Waals surface area contributed by atoms with Gasteiger partial charge in [-0.05, 0) is 12.1 Å². The zero-order valence-corrected chi connectivity index (χ0v) is 9.04. The molecule has 1 atom stereocenters. The highest BCUT2D eigenvalue weighted by molar-refractivity contribution is 6.38. The molecule has 0 spiro atoms. The molecule has 17 heavy (non-hydrogen) atoms. The third kappa shape index (κ3) is 2.76. The Morgan fingerprint density at radius 1 is 1.59 bits per heavy atom. The number of para-hydroxylation sites is 1. The molecule has 1 aromatic rings. The number of hydrogen-bond donors (Lipinski definition) is 2. The maximum atomic E-state index is 11.1. The maximum Gasteiger partial charge on any atom is 0.713 e. The van der Waals surface area contributed by atoms with Gasteiger partial charge in [0.25, 0.3) is 5.91 Å². The number of aliphatic hydroxyl groups excluding tert-OH is 1. The number of amides is 1. The summed E-state index contributed by atoms with van der Waals surface area (Å²) in [5, 5.41) is 8.86. The van der Waals surface area contributed by atoms with E-state index in [1.54, 1.807) is 24.3 Å². The fourth-order valence-electron chi connectivity index (χ4n) is 1.46. The van der Waals surface area contributed by atoms with Crippen molar-refractivity contribution in [3.05, 3.63) is 29.8 Å². The molecule has 6 nitrogen and oxygen atoms in total. The third-order valence-electron chi connectivity index (χ3n) is 2.30. The van der Waals surface area contributed by atoms with Crippen molar-refractivity contribution in [1.82, 2.24) is 0 Å². The minimum atomic E-state index is -0.923. The maximum absolute atomic E-state index is 11.1. The van der Waals surface area contributed by atoms with Gasteiger partial charge in [-0.1, -0.05) is 12.1 Å². The van der Waals surface area contributed by atoms with E-state index in [0.29, 0.717) is 5.75 Å². The average Bonchev–Trinajstić information content (AvgIpc) is 2.77. The number of hydrogen-bond acceptors (Lipinski definition) is 5. The Labute approximate surface area is 98.4 Å². The first-order valence-electron chi connectivity index (χ1n) is 5.14. The molecule has 7 heteroatoms. The Morgan fingerprint density at radius 2 is 2.35 bits per heavy atom. The van der Waals surface area contributed by atoms with Crippen molar-refractivity contribution >= 4 is 13.2 Å². The Balaban J connectivity index is 2.06. The van der Waals surface area contributed by atoms with Gasteiger partial charge in [-0.25, -0.2) is 0 Å². The van der Waals surface area contributed by atoms with Crippen LogP contribution in [0.2, 0.25) is 0 Å². The van der Waals surface area contributed by atoms with Crippen molar-refractivity contribution < 1.29 is 23.9 Å². The highest BCUT2D eigenvalue weighted by Gasteiger charge is 2.36. The van der Waals surface area contributed by atoms with E-state index in [0.717, 1.165) is 0 Å². The van der Waals surface area contributed by atoms with Crippen molar-refractivity contribution in [1.29, 1.82) is 0 Å². The summed E-state index contributed by atoms with van der Waals surface area (Å²) in [5.41, 5.74) is 5.46. The second-order valence-corrected chi connectivity index (χ2v) is 3.54. The second kappa shape index (κ2) is 5.18. The molecular weight excluding hydrogens is 225 g/mol. The molecule has 1 amide bonds. The van der Waals surface area contributed by atoms with Crippen LogP contribution in [0.1, 0.15) is 10.4 Å². The van der Waals surface area contributed by atoms with Crippen molar-refractivity contribution in [3.8, 4) is 5.75 Å². The van der Waals surface area contributed by atoms with Crippen LogP contribution in [0.5, 0.6) is 5.75 Å². The van der Waals surface area contributed by atoms with Gasteiger partial charge < -0.3 is 24.8 Å². The monoisotopic (exact) mass is 237 g/mol. The highest BCUT2D eigenvalue weighted by Crippen LogP contribution is 2.20. The Morgan fingerprint density at radius 3 is 3.00 bits per heavy atom. The molecule has 0 saturated carbocycles. The number of primary amides is 1. The molecule has 1 aliphatic rings. The minimum Gasteiger partial charge on any atom is -0.511 e. The van der Waals surface area contributed by atoms with E-state index in [1.165, 1.54) is 0 Å². The van der Waals surface area contributed by atoms with Crippen LogP contribution < -0.4 is 10.4 Å². The zero-order valence-electron chi connectivity index (χ0n) is 9.04. The van der Waals surface area contributed by atoms with Gasteiger partial charge >= 0.3 is 7.32 Å². The summed E-state index contributed by atoms with van der Waals surface area (Å²) >= 11 is 0. The summed E-state index contributed by atoms with van der Waals surface area (Å²) in [6.45, 7) is 0.108. The quantitative estimate of drug-likeness (QED) is 0.692. The number of carbonyl (C=O) groups is 1. The van der Waals surface area contributed by atoms with Crippen LogP contribution in [0.25, 0.3) is 0 Å². The summed E-state index contributed by atoms with van der Waals surface area (Å²) < 4.78 is 15.7. The SMILES string of the molecule is NC(=O)c1ccccc1OB1OCC(CO)O1. The van der Waals surface area contributed by atoms with Gasteiger partial charge in [0.05, 0.1) is 24.9 Å². The van der Waals surface area contributed by atoms with Gasteiger partial charge in [0, 0.05) is 0 Å². The summed E-state index contributed by atoms with van der Waals surface area (Å²) in [6, 6.07) is 6.54. The Bertz CT molecular complexity index is 413. The predicted molar refractivity (Wildman–Crippen MR) is 59.3 cm³/mol. The van der Waals surface area contributed by atoms with Gasteiger partial charge in [-0.2, -0.15) is 0 Å². The van der Waals surface area contributed by atoms with E-state index in [9.17, 15) is 4.79 Å². The van der Waals surface area contributed by atoms with Crippen LogP contribution in [0.3, 0.4) is 0 Å². The van der Waals surface area contributed by atoms with E-state index in [4.69, 9.17) is 24.8 Å². The van der Waals surface area contributed by atoms with Crippen LogP contribution in [0.15, 0.2) is 24.3 Å². The molecule has 0 aromatic heterocycles. The molecule has 1 fully saturated rings. The van der Waals surface area contributed by atoms with E-state index in [2.05, 4.69) is 0 Å². The first kappa shape index (κ1) is 11.9. The zero-order chi connectivity index (χ0) is 12.3. The van der Waals surface area contributed by atoms with Gasteiger partial charge in [-0.3, -0.25) is 4.79 Å². The van der Waals surface area contributed by atoms with E-state index in [1.807, 2.05) is 0 Å². The molecule has 0 aliphatic carbocycles. The molecule has 1 aliphatic heterocycles. The number of carbonyl (C=O) groups excluding carboxylic acids is 1. The first-order valence-corrected chi connectivity index (χ1v) is 5.14. The fourth-order valence-corrected chi connectivity index (χ4v) is 1.46. The lowest BCUT2D eigenvalue weighted by Crippen LogP contribution is -2.27. The van der Waals surface area contributed by atoms with Crippen LogP contribution in [0, 0.1) is 0 Å². The van der Waals surface area contributed by atoms with Crippen LogP contribution in [-0.4, -0.2) is 37.7 Å². The predicted octanol–water partition coefficient (Wildman–Crippen LogP) is -0.443. The topological polar surface area (TPSA) is 91.0 Å². The lowest BCUT2D eigenvalue weighted by Gasteiger charge is -2.11. The smallest absolute Gasteiger partial charge is 0.511 e. The van der Waals surface area contributed by atoms with Crippen molar-refractivity contribution in [2.45, 2.75) is 6.10 Å². The highest BCUT2D eigenvalue weighted by atomic mass is 16.8. The molecule has 3 N–H and O–H groups in total. The van der Waals surface area contributed by atoms with Crippen LogP contribution >= 0.6 is 0 Å². The Hall–Kier alpha value is -1.57. The third-order valence-corrected chi connectivity index (χ3v) is 2.30. The molecule has 2 rings (SSSR count). The normalized spacial score (nSPS) is 19.4. The second-order valence-electron chi connectivity index (χ2n) is 3.54. The molecule has 0 radical (unpaired) electrons. The molecule has 1 saturated heterocycles. The van der Waals surface area contributed by atoms with Crippen LogP contribution in [-0.2, 0) is 9.31 Å². The van der Waals surface area contributed by atoms with Gasteiger partial charge in [0.2, 0.25) is 0 Å². The van der Waals surface area contributed by atoms with Gasteiger partial charge in [0.15, 0.2) is 0 Å². The summed E-state index contributed by atoms with van der Waals surface area (Å²) in [6.07, 6.45) is -0.402. The number of rotatable bonds is 4. The van der Waals surface area contributed by atoms with E-state index >= 15 is 0 Å². The summed E-state index contributed by atoms with van der Waals surface area (Å²) in [5.74, 6) is -0.291. The summed E-state index contributed by atoms with van der Waals surface area (Å²) in [4.78, 5) is 11.1. The molecular formula is C10H12BNO5. The molecule has 1 aromatic carbocycles. The largest absolute Gasteiger partial charge is 0.713 e. The van der Waals surface area contributed by atoms with Gasteiger partial charge in [0.1, 0.15) is 5.75 Å². The van der Waals surface area contributed by atoms with E-state index < -0.39 is 19.3 Å². The molecule has 0 bridgehead atoms. The number of nitrogens with two attached hydrogens (primary N) is 1. The molecule has 1 heterocycles. The number of aliphatic hydroxyl groups is 1.